The third-order valence-corrected chi connectivity index (χ3v) is 6.35. The fraction of sp³-hybridized carbons (Fsp3) is 0.455. The third kappa shape index (κ3) is 2.80. The molecule has 4 nitrogen and oxygen atoms in total. The Morgan fingerprint density at radius 2 is 2.11 bits per heavy atom. The molecule has 1 saturated heterocycles. The van der Waals surface area contributed by atoms with Crippen LogP contribution in [0.3, 0.4) is 0 Å². The molecule has 18 heavy (non-hydrogen) atoms. The van der Waals surface area contributed by atoms with Crippen LogP contribution >= 0.6 is 31.9 Å². The number of benzene rings is 1. The van der Waals surface area contributed by atoms with Crippen LogP contribution in [0.15, 0.2) is 32.0 Å². The number of rotatable bonds is 3. The first-order chi connectivity index (χ1) is 8.45. The Morgan fingerprint density at radius 3 is 2.67 bits per heavy atom. The minimum Gasteiger partial charge on any atom is -0.396 e. The van der Waals surface area contributed by atoms with Gasteiger partial charge in [0.05, 0.1) is 4.90 Å². The van der Waals surface area contributed by atoms with E-state index >= 15 is 0 Å². The lowest BCUT2D eigenvalue weighted by molar-refractivity contribution is 0.233. The second-order valence-corrected chi connectivity index (χ2v) is 7.95. The summed E-state index contributed by atoms with van der Waals surface area (Å²) in [7, 11) is -3.47. The van der Waals surface area contributed by atoms with E-state index in [-0.39, 0.29) is 17.4 Å². The van der Waals surface area contributed by atoms with Gasteiger partial charge >= 0.3 is 0 Å². The highest BCUT2D eigenvalue weighted by atomic mass is 79.9. The van der Waals surface area contributed by atoms with Crippen LogP contribution in [0, 0.1) is 5.92 Å². The molecule has 1 fully saturated rings. The standard InChI is InChI=1S/C11H13Br2NO3S/c12-9-1-2-11(10(13)5-9)18(16,17)14-4-3-8(6-14)7-15/h1-2,5,8,15H,3-4,6-7H2/t8-/m0/s1. The number of sulfonamides is 1. The monoisotopic (exact) mass is 397 g/mol. The summed E-state index contributed by atoms with van der Waals surface area (Å²) in [4.78, 5) is 0.268. The lowest BCUT2D eigenvalue weighted by Gasteiger charge is -2.17. The molecule has 1 aliphatic rings. The summed E-state index contributed by atoms with van der Waals surface area (Å²) in [5.41, 5.74) is 0. The maximum Gasteiger partial charge on any atom is 0.244 e. The van der Waals surface area contributed by atoms with Crippen molar-refractivity contribution in [2.45, 2.75) is 11.3 Å². The molecule has 1 atom stereocenters. The molecular weight excluding hydrogens is 386 g/mol. The van der Waals surface area contributed by atoms with Gasteiger partial charge in [0.2, 0.25) is 10.0 Å². The van der Waals surface area contributed by atoms with Gasteiger partial charge in [0.1, 0.15) is 0 Å². The van der Waals surface area contributed by atoms with Gasteiger partial charge in [-0.2, -0.15) is 4.31 Å². The number of aliphatic hydroxyl groups excluding tert-OH is 1. The minimum absolute atomic E-state index is 0.0352. The average Bonchev–Trinajstić information content (AvgIpc) is 2.77. The van der Waals surface area contributed by atoms with Crippen LogP contribution in [0.25, 0.3) is 0 Å². The summed E-state index contributed by atoms with van der Waals surface area (Å²) in [5, 5.41) is 9.07. The van der Waals surface area contributed by atoms with Gasteiger partial charge in [-0.1, -0.05) is 15.9 Å². The average molecular weight is 399 g/mol. The SMILES string of the molecule is O=S(=O)(c1ccc(Br)cc1Br)N1CC[C@H](CO)C1. The first-order valence-electron chi connectivity index (χ1n) is 5.51. The maximum atomic E-state index is 12.4. The van der Waals surface area contributed by atoms with E-state index in [2.05, 4.69) is 31.9 Å². The molecule has 0 saturated carbocycles. The molecule has 0 amide bonds. The van der Waals surface area contributed by atoms with E-state index in [4.69, 9.17) is 5.11 Å². The number of aliphatic hydroxyl groups is 1. The lowest BCUT2D eigenvalue weighted by Crippen LogP contribution is -2.29. The van der Waals surface area contributed by atoms with Crippen molar-refractivity contribution < 1.29 is 13.5 Å². The Bertz CT molecular complexity index is 547. The molecule has 1 aliphatic heterocycles. The van der Waals surface area contributed by atoms with Crippen LogP contribution in [-0.2, 0) is 10.0 Å². The van der Waals surface area contributed by atoms with Gasteiger partial charge in [0.15, 0.2) is 0 Å². The van der Waals surface area contributed by atoms with Gasteiger partial charge in [-0.05, 0) is 46.5 Å². The van der Waals surface area contributed by atoms with E-state index in [0.717, 1.165) is 4.47 Å². The zero-order valence-electron chi connectivity index (χ0n) is 9.51. The molecule has 1 aromatic rings. The number of nitrogens with zero attached hydrogens (tertiary/aromatic N) is 1. The number of halogens is 2. The Hall–Kier alpha value is 0.0500. The second-order valence-electron chi connectivity index (χ2n) is 4.28. The zero-order valence-corrected chi connectivity index (χ0v) is 13.5. The highest BCUT2D eigenvalue weighted by Gasteiger charge is 2.33. The largest absolute Gasteiger partial charge is 0.396 e. The van der Waals surface area contributed by atoms with Crippen molar-refractivity contribution in [2.75, 3.05) is 19.7 Å². The van der Waals surface area contributed by atoms with Crippen LogP contribution in [0.5, 0.6) is 0 Å². The summed E-state index contributed by atoms with van der Waals surface area (Å²) >= 11 is 6.57. The van der Waals surface area contributed by atoms with Gasteiger partial charge in [-0.15, -0.1) is 0 Å². The lowest BCUT2D eigenvalue weighted by atomic mass is 10.1. The van der Waals surface area contributed by atoms with E-state index in [0.29, 0.717) is 24.0 Å². The van der Waals surface area contributed by atoms with Gasteiger partial charge in [-0.25, -0.2) is 8.42 Å². The van der Waals surface area contributed by atoms with E-state index < -0.39 is 10.0 Å². The molecule has 0 bridgehead atoms. The van der Waals surface area contributed by atoms with Crippen molar-refractivity contribution in [2.24, 2.45) is 5.92 Å². The van der Waals surface area contributed by atoms with Crippen LogP contribution in [0.2, 0.25) is 0 Å². The Labute approximate surface area is 123 Å². The molecule has 1 heterocycles. The van der Waals surface area contributed by atoms with Gasteiger partial charge in [0.25, 0.3) is 0 Å². The van der Waals surface area contributed by atoms with E-state index in [9.17, 15) is 8.42 Å². The molecule has 1 aromatic carbocycles. The third-order valence-electron chi connectivity index (χ3n) is 3.02. The zero-order chi connectivity index (χ0) is 13.3. The first kappa shape index (κ1) is 14.5. The highest BCUT2D eigenvalue weighted by molar-refractivity contribution is 9.11. The number of hydrogen-bond acceptors (Lipinski definition) is 3. The van der Waals surface area contributed by atoms with E-state index in [1.165, 1.54) is 4.31 Å². The first-order valence-corrected chi connectivity index (χ1v) is 8.54. The Balaban J connectivity index is 2.31. The fourth-order valence-electron chi connectivity index (χ4n) is 1.99. The Kier molecular flexibility index (Phi) is 4.48. The summed E-state index contributed by atoms with van der Waals surface area (Å²) in [6.45, 7) is 0.894. The van der Waals surface area contributed by atoms with Gasteiger partial charge in [-0.3, -0.25) is 0 Å². The topological polar surface area (TPSA) is 57.6 Å². The second kappa shape index (κ2) is 5.58. The maximum absolute atomic E-state index is 12.4. The molecular formula is C11H13Br2NO3S. The van der Waals surface area contributed by atoms with Crippen molar-refractivity contribution in [1.29, 1.82) is 0 Å². The van der Waals surface area contributed by atoms with Crippen molar-refractivity contribution in [3.8, 4) is 0 Å². The van der Waals surface area contributed by atoms with Crippen LogP contribution in [0.4, 0.5) is 0 Å². The van der Waals surface area contributed by atoms with Crippen LogP contribution < -0.4 is 0 Å². The molecule has 0 aliphatic carbocycles. The molecule has 0 unspecified atom stereocenters. The highest BCUT2D eigenvalue weighted by Crippen LogP contribution is 2.30. The van der Waals surface area contributed by atoms with Gasteiger partial charge < -0.3 is 5.11 Å². The summed E-state index contributed by atoms with van der Waals surface area (Å²) < 4.78 is 27.7. The minimum atomic E-state index is -3.47. The van der Waals surface area contributed by atoms with E-state index in [1.807, 2.05) is 0 Å². The van der Waals surface area contributed by atoms with Crippen molar-refractivity contribution in [3.05, 3.63) is 27.1 Å². The molecule has 1 N–H and O–H groups in total. The molecule has 7 heteroatoms. The molecule has 2 rings (SSSR count). The smallest absolute Gasteiger partial charge is 0.244 e. The van der Waals surface area contributed by atoms with Crippen LogP contribution in [-0.4, -0.2) is 37.5 Å². The molecule has 0 radical (unpaired) electrons. The normalized spacial score (nSPS) is 21.4. The fourth-order valence-corrected chi connectivity index (χ4v) is 5.23. The predicted octanol–water partition coefficient (Wildman–Crippen LogP) is 2.21. The van der Waals surface area contributed by atoms with Gasteiger partial charge in [0, 0.05) is 28.6 Å². The predicted molar refractivity (Wildman–Crippen MR) is 75.8 cm³/mol. The summed E-state index contributed by atoms with van der Waals surface area (Å²) in [6.07, 6.45) is 0.712. The molecule has 0 spiro atoms. The van der Waals surface area contributed by atoms with Crippen molar-refractivity contribution in [3.63, 3.8) is 0 Å². The summed E-state index contributed by atoms with van der Waals surface area (Å²) in [6, 6.07) is 5.00. The van der Waals surface area contributed by atoms with Crippen LogP contribution in [0.1, 0.15) is 6.42 Å². The number of hydrogen-bond donors (Lipinski definition) is 1. The molecule has 100 valence electrons. The summed E-state index contributed by atoms with van der Waals surface area (Å²) in [5.74, 6) is 0.0500. The Morgan fingerprint density at radius 1 is 1.39 bits per heavy atom. The molecule has 0 aromatic heterocycles. The van der Waals surface area contributed by atoms with Crippen molar-refractivity contribution >= 4 is 41.9 Å². The quantitative estimate of drug-likeness (QED) is 0.849. The van der Waals surface area contributed by atoms with Crippen molar-refractivity contribution in [1.82, 2.24) is 4.31 Å². The van der Waals surface area contributed by atoms with E-state index in [1.54, 1.807) is 18.2 Å².